The van der Waals surface area contributed by atoms with Gasteiger partial charge in [0.1, 0.15) is 0 Å². The smallest absolute Gasteiger partial charge is 0.223 e. The first-order chi connectivity index (χ1) is 10.8. The molecule has 2 saturated heterocycles. The maximum atomic E-state index is 12.3. The summed E-state index contributed by atoms with van der Waals surface area (Å²) in [5.74, 6) is 0.576. The van der Waals surface area contributed by atoms with Gasteiger partial charge in [-0.25, -0.2) is 0 Å². The van der Waals surface area contributed by atoms with E-state index >= 15 is 0 Å². The molecule has 0 aromatic heterocycles. The minimum atomic E-state index is 0.0575. The highest BCUT2D eigenvalue weighted by atomic mass is 16.2. The van der Waals surface area contributed by atoms with Gasteiger partial charge in [0.05, 0.1) is 0 Å². The first-order valence-electron chi connectivity index (χ1n) is 9.02. The molecule has 0 bridgehead atoms. The van der Waals surface area contributed by atoms with Gasteiger partial charge in [-0.2, -0.15) is 0 Å². The van der Waals surface area contributed by atoms with Crippen LogP contribution in [0.4, 0.5) is 0 Å². The number of rotatable bonds is 5. The number of hydrogen-bond acceptors (Lipinski definition) is 3. The standard InChI is InChI=1S/C18H33N3O2/c1-18(2,3)14-17(23)21-12-6-15(7-13-21)19(4)11-8-16(22)20-9-5-10-20/h15H,5-14H2,1-4H3. The van der Waals surface area contributed by atoms with Gasteiger partial charge >= 0.3 is 0 Å². The highest BCUT2D eigenvalue weighted by Crippen LogP contribution is 2.23. The Hall–Kier alpha value is -1.10. The molecular formula is C18H33N3O2. The molecule has 0 aliphatic carbocycles. The normalized spacial score (nSPS) is 19.9. The fraction of sp³-hybridized carbons (Fsp3) is 0.889. The lowest BCUT2D eigenvalue weighted by atomic mass is 9.91. The van der Waals surface area contributed by atoms with Crippen LogP contribution in [0.1, 0.15) is 52.9 Å². The minimum absolute atomic E-state index is 0.0575. The van der Waals surface area contributed by atoms with Crippen molar-refractivity contribution in [3.63, 3.8) is 0 Å². The molecule has 132 valence electrons. The predicted octanol–water partition coefficient (Wildman–Crippen LogP) is 1.97. The third-order valence-corrected chi connectivity index (χ3v) is 5.01. The first kappa shape index (κ1) is 18.2. The molecule has 0 spiro atoms. The van der Waals surface area contributed by atoms with Crippen LogP contribution in [-0.2, 0) is 9.59 Å². The number of likely N-dealkylation sites (tertiary alicyclic amines) is 2. The highest BCUT2D eigenvalue weighted by Gasteiger charge is 2.28. The van der Waals surface area contributed by atoms with Gasteiger partial charge in [0, 0.05) is 51.6 Å². The monoisotopic (exact) mass is 323 g/mol. The molecule has 2 rings (SSSR count). The van der Waals surface area contributed by atoms with Gasteiger partial charge in [0.2, 0.25) is 11.8 Å². The quantitative estimate of drug-likeness (QED) is 0.777. The molecule has 0 saturated carbocycles. The number of nitrogens with zero attached hydrogens (tertiary/aromatic N) is 3. The maximum Gasteiger partial charge on any atom is 0.223 e. The molecule has 23 heavy (non-hydrogen) atoms. The SMILES string of the molecule is CN(CCC(=O)N1CCC1)C1CCN(C(=O)CC(C)(C)C)CC1. The van der Waals surface area contributed by atoms with Crippen LogP contribution in [0.3, 0.4) is 0 Å². The number of piperidine rings is 1. The Morgan fingerprint density at radius 1 is 1.00 bits per heavy atom. The van der Waals surface area contributed by atoms with Crippen molar-refractivity contribution >= 4 is 11.8 Å². The van der Waals surface area contributed by atoms with E-state index in [0.717, 1.165) is 52.0 Å². The molecule has 5 heteroatoms. The van der Waals surface area contributed by atoms with Gasteiger partial charge in [0.15, 0.2) is 0 Å². The Morgan fingerprint density at radius 2 is 1.57 bits per heavy atom. The summed E-state index contributed by atoms with van der Waals surface area (Å²) >= 11 is 0. The van der Waals surface area contributed by atoms with Crippen LogP contribution in [0, 0.1) is 5.41 Å². The van der Waals surface area contributed by atoms with E-state index < -0.39 is 0 Å². The van der Waals surface area contributed by atoms with Crippen LogP contribution in [0.15, 0.2) is 0 Å². The van der Waals surface area contributed by atoms with Gasteiger partial charge in [-0.1, -0.05) is 20.8 Å². The van der Waals surface area contributed by atoms with E-state index in [1.165, 1.54) is 0 Å². The van der Waals surface area contributed by atoms with Crippen molar-refractivity contribution < 1.29 is 9.59 Å². The number of amides is 2. The maximum absolute atomic E-state index is 12.3. The summed E-state index contributed by atoms with van der Waals surface area (Å²) in [4.78, 5) is 30.5. The summed E-state index contributed by atoms with van der Waals surface area (Å²) < 4.78 is 0. The van der Waals surface area contributed by atoms with Gasteiger partial charge in [-0.05, 0) is 31.7 Å². The highest BCUT2D eigenvalue weighted by molar-refractivity contribution is 5.77. The van der Waals surface area contributed by atoms with Gasteiger partial charge in [0.25, 0.3) is 0 Å². The second-order valence-corrected chi connectivity index (χ2v) is 8.31. The van der Waals surface area contributed by atoms with E-state index in [1.54, 1.807) is 0 Å². The lowest BCUT2D eigenvalue weighted by molar-refractivity contribution is -0.135. The molecular weight excluding hydrogens is 290 g/mol. The van der Waals surface area contributed by atoms with Gasteiger partial charge < -0.3 is 14.7 Å². The van der Waals surface area contributed by atoms with Crippen molar-refractivity contribution in [3.8, 4) is 0 Å². The zero-order valence-electron chi connectivity index (χ0n) is 15.3. The summed E-state index contributed by atoms with van der Waals surface area (Å²) in [6.07, 6.45) is 4.44. The summed E-state index contributed by atoms with van der Waals surface area (Å²) in [7, 11) is 2.11. The van der Waals surface area contributed by atoms with Crippen molar-refractivity contribution in [3.05, 3.63) is 0 Å². The fourth-order valence-electron chi connectivity index (χ4n) is 3.30. The van der Waals surface area contributed by atoms with E-state index in [0.29, 0.717) is 24.8 Å². The summed E-state index contributed by atoms with van der Waals surface area (Å²) in [6.45, 7) is 10.7. The molecule has 2 aliphatic heterocycles. The number of carbonyl (C=O) groups excluding carboxylic acids is 2. The molecule has 2 heterocycles. The second kappa shape index (κ2) is 7.65. The first-order valence-corrected chi connectivity index (χ1v) is 9.02. The van der Waals surface area contributed by atoms with E-state index in [1.807, 2.05) is 9.80 Å². The topological polar surface area (TPSA) is 43.9 Å². The number of carbonyl (C=O) groups is 2. The molecule has 2 aliphatic rings. The van der Waals surface area contributed by atoms with Crippen molar-refractivity contribution in [1.29, 1.82) is 0 Å². The Bertz CT molecular complexity index is 418. The van der Waals surface area contributed by atoms with E-state index in [2.05, 4.69) is 32.7 Å². The summed E-state index contributed by atoms with van der Waals surface area (Å²) in [5.41, 5.74) is 0.0575. The average Bonchev–Trinajstić information content (AvgIpc) is 2.41. The largest absolute Gasteiger partial charge is 0.343 e. The third kappa shape index (κ3) is 5.48. The molecule has 2 fully saturated rings. The Morgan fingerprint density at radius 3 is 2.04 bits per heavy atom. The lowest BCUT2D eigenvalue weighted by Crippen LogP contribution is -2.47. The lowest BCUT2D eigenvalue weighted by Gasteiger charge is -2.38. The Kier molecular flexibility index (Phi) is 6.06. The predicted molar refractivity (Wildman–Crippen MR) is 92.1 cm³/mol. The zero-order chi connectivity index (χ0) is 17.0. The van der Waals surface area contributed by atoms with Crippen molar-refractivity contribution in [1.82, 2.24) is 14.7 Å². The molecule has 0 aromatic carbocycles. The van der Waals surface area contributed by atoms with Gasteiger partial charge in [-0.15, -0.1) is 0 Å². The van der Waals surface area contributed by atoms with Crippen molar-refractivity contribution in [2.24, 2.45) is 5.41 Å². The van der Waals surface area contributed by atoms with E-state index in [4.69, 9.17) is 0 Å². The van der Waals surface area contributed by atoms with Crippen LogP contribution in [0.25, 0.3) is 0 Å². The van der Waals surface area contributed by atoms with Crippen LogP contribution >= 0.6 is 0 Å². The van der Waals surface area contributed by atoms with E-state index in [9.17, 15) is 9.59 Å². The zero-order valence-corrected chi connectivity index (χ0v) is 15.3. The number of hydrogen-bond donors (Lipinski definition) is 0. The molecule has 2 amide bonds. The summed E-state index contributed by atoms with van der Waals surface area (Å²) in [5, 5.41) is 0. The van der Waals surface area contributed by atoms with E-state index in [-0.39, 0.29) is 11.3 Å². The average molecular weight is 323 g/mol. The molecule has 0 atom stereocenters. The van der Waals surface area contributed by atoms with Crippen LogP contribution in [0.2, 0.25) is 0 Å². The molecule has 0 N–H and O–H groups in total. The molecule has 0 radical (unpaired) electrons. The molecule has 0 unspecified atom stereocenters. The Labute approximate surface area is 141 Å². The Balaban J connectivity index is 1.68. The van der Waals surface area contributed by atoms with Crippen LogP contribution < -0.4 is 0 Å². The third-order valence-electron chi connectivity index (χ3n) is 5.01. The molecule has 5 nitrogen and oxygen atoms in total. The minimum Gasteiger partial charge on any atom is -0.343 e. The fourth-order valence-corrected chi connectivity index (χ4v) is 3.30. The van der Waals surface area contributed by atoms with Crippen LogP contribution in [0.5, 0.6) is 0 Å². The molecule has 0 aromatic rings. The van der Waals surface area contributed by atoms with Crippen molar-refractivity contribution in [2.75, 3.05) is 39.8 Å². The van der Waals surface area contributed by atoms with Crippen molar-refractivity contribution in [2.45, 2.75) is 58.9 Å². The summed E-state index contributed by atoms with van der Waals surface area (Å²) in [6, 6.07) is 0.498. The second-order valence-electron chi connectivity index (χ2n) is 8.31. The van der Waals surface area contributed by atoms with Crippen LogP contribution in [-0.4, -0.2) is 72.3 Å². The van der Waals surface area contributed by atoms with Gasteiger partial charge in [-0.3, -0.25) is 9.59 Å².